The minimum absolute atomic E-state index is 0.0507. The molecule has 0 saturated carbocycles. The van der Waals surface area contributed by atoms with Gasteiger partial charge in [0.25, 0.3) is 0 Å². The summed E-state index contributed by atoms with van der Waals surface area (Å²) in [6.07, 6.45) is -0.879. The van der Waals surface area contributed by atoms with Gasteiger partial charge in [-0.25, -0.2) is 14.0 Å². The van der Waals surface area contributed by atoms with E-state index in [-0.39, 0.29) is 6.42 Å². The molecular formula is C14H17BrFNO4. The number of hydrogen-bond acceptors (Lipinski definition) is 3. The lowest BCUT2D eigenvalue weighted by Gasteiger charge is -2.22. The van der Waals surface area contributed by atoms with Gasteiger partial charge in [0.2, 0.25) is 0 Å². The molecule has 1 aromatic carbocycles. The summed E-state index contributed by atoms with van der Waals surface area (Å²) in [4.78, 5) is 22.8. The van der Waals surface area contributed by atoms with Gasteiger partial charge in [0.05, 0.1) is 0 Å². The van der Waals surface area contributed by atoms with Crippen molar-refractivity contribution in [2.75, 3.05) is 0 Å². The molecule has 0 aliphatic heterocycles. The van der Waals surface area contributed by atoms with Crippen molar-refractivity contribution in [3.8, 4) is 0 Å². The molecule has 2 N–H and O–H groups in total. The van der Waals surface area contributed by atoms with Crippen LogP contribution in [0.3, 0.4) is 0 Å². The van der Waals surface area contributed by atoms with E-state index in [0.717, 1.165) is 0 Å². The molecule has 0 bridgehead atoms. The minimum atomic E-state index is -1.22. The molecule has 21 heavy (non-hydrogen) atoms. The van der Waals surface area contributed by atoms with Gasteiger partial charge < -0.3 is 15.2 Å². The van der Waals surface area contributed by atoms with Crippen LogP contribution in [0.25, 0.3) is 0 Å². The Morgan fingerprint density at radius 3 is 2.48 bits per heavy atom. The number of halogens is 2. The topological polar surface area (TPSA) is 75.6 Å². The van der Waals surface area contributed by atoms with Crippen molar-refractivity contribution in [3.05, 3.63) is 34.1 Å². The van der Waals surface area contributed by atoms with Crippen LogP contribution in [0.1, 0.15) is 26.3 Å². The fourth-order valence-corrected chi connectivity index (χ4v) is 2.13. The standard InChI is InChI=1S/C14H17BrFNO4/c1-14(2,3)21-13(20)17-11(12(18)19)6-8-4-9(15)7-10(16)5-8/h4-5,7,11H,6H2,1-3H3,(H,17,20)(H,18,19). The average Bonchev–Trinajstić information content (AvgIpc) is 2.23. The van der Waals surface area contributed by atoms with Crippen LogP contribution in [0, 0.1) is 5.82 Å². The first-order chi connectivity index (χ1) is 9.56. The summed E-state index contributed by atoms with van der Waals surface area (Å²) < 4.78 is 18.8. The lowest BCUT2D eigenvalue weighted by atomic mass is 10.1. The molecule has 0 spiro atoms. The Balaban J connectivity index is 2.78. The highest BCUT2D eigenvalue weighted by Gasteiger charge is 2.24. The molecule has 1 amide bonds. The molecule has 0 aromatic heterocycles. The van der Waals surface area contributed by atoms with Crippen molar-refractivity contribution in [1.29, 1.82) is 0 Å². The summed E-state index contributed by atoms with van der Waals surface area (Å²) in [5, 5.41) is 11.4. The Morgan fingerprint density at radius 2 is 2.00 bits per heavy atom. The number of rotatable bonds is 4. The molecule has 0 aliphatic rings. The first kappa shape index (κ1) is 17.4. The molecule has 0 heterocycles. The third-order valence-corrected chi connectivity index (χ3v) is 2.81. The molecule has 5 nitrogen and oxygen atoms in total. The zero-order valence-electron chi connectivity index (χ0n) is 11.9. The summed E-state index contributed by atoms with van der Waals surface area (Å²) in [5.74, 6) is -1.71. The SMILES string of the molecule is CC(C)(C)OC(=O)NC(Cc1cc(F)cc(Br)c1)C(=O)O. The monoisotopic (exact) mass is 361 g/mol. The maximum atomic E-state index is 13.3. The van der Waals surface area contributed by atoms with E-state index in [0.29, 0.717) is 10.0 Å². The molecule has 0 fully saturated rings. The fourth-order valence-electron chi connectivity index (χ4n) is 1.61. The van der Waals surface area contributed by atoms with Crippen LogP contribution in [0.5, 0.6) is 0 Å². The van der Waals surface area contributed by atoms with Crippen molar-refractivity contribution < 1.29 is 23.8 Å². The van der Waals surface area contributed by atoms with Gasteiger partial charge >= 0.3 is 12.1 Å². The largest absolute Gasteiger partial charge is 0.480 e. The number of amides is 1. The molecule has 1 atom stereocenters. The van der Waals surface area contributed by atoms with Crippen LogP contribution in [0.4, 0.5) is 9.18 Å². The quantitative estimate of drug-likeness (QED) is 0.863. The Morgan fingerprint density at radius 1 is 1.38 bits per heavy atom. The molecule has 7 heteroatoms. The Hall–Kier alpha value is -1.63. The van der Waals surface area contributed by atoms with E-state index < -0.39 is 29.5 Å². The number of aliphatic carboxylic acids is 1. The van der Waals surface area contributed by atoms with Crippen molar-refractivity contribution in [2.45, 2.75) is 38.8 Å². The highest BCUT2D eigenvalue weighted by molar-refractivity contribution is 9.10. The third-order valence-electron chi connectivity index (χ3n) is 2.35. The maximum absolute atomic E-state index is 13.3. The molecule has 0 aliphatic carbocycles. The second-order valence-electron chi connectivity index (χ2n) is 5.52. The first-order valence-electron chi connectivity index (χ1n) is 6.24. The Labute approximate surface area is 130 Å². The highest BCUT2D eigenvalue weighted by Crippen LogP contribution is 2.16. The van der Waals surface area contributed by atoms with Crippen LogP contribution in [-0.2, 0) is 16.0 Å². The number of carbonyl (C=O) groups is 2. The number of carboxylic acid groups (broad SMARTS) is 1. The molecule has 0 saturated heterocycles. The summed E-state index contributed by atoms with van der Waals surface area (Å²) in [7, 11) is 0. The van der Waals surface area contributed by atoms with Crippen molar-refractivity contribution in [1.82, 2.24) is 5.32 Å². The van der Waals surface area contributed by atoms with Crippen LogP contribution in [0.15, 0.2) is 22.7 Å². The van der Waals surface area contributed by atoms with E-state index in [1.54, 1.807) is 26.8 Å². The number of benzene rings is 1. The van der Waals surface area contributed by atoms with E-state index in [4.69, 9.17) is 9.84 Å². The van der Waals surface area contributed by atoms with Crippen molar-refractivity contribution >= 4 is 28.0 Å². The van der Waals surface area contributed by atoms with E-state index in [9.17, 15) is 14.0 Å². The van der Waals surface area contributed by atoms with Crippen LogP contribution in [-0.4, -0.2) is 28.8 Å². The third kappa shape index (κ3) is 6.57. The zero-order valence-corrected chi connectivity index (χ0v) is 13.5. The number of nitrogens with one attached hydrogen (secondary N) is 1. The van der Waals surface area contributed by atoms with E-state index >= 15 is 0 Å². The molecule has 116 valence electrons. The van der Waals surface area contributed by atoms with Gasteiger partial charge in [0, 0.05) is 10.9 Å². The lowest BCUT2D eigenvalue weighted by Crippen LogP contribution is -2.44. The predicted octanol–water partition coefficient (Wildman–Crippen LogP) is 3.11. The second-order valence-corrected chi connectivity index (χ2v) is 6.43. The van der Waals surface area contributed by atoms with Crippen molar-refractivity contribution in [2.24, 2.45) is 0 Å². The van der Waals surface area contributed by atoms with E-state index in [1.165, 1.54) is 12.1 Å². The zero-order chi connectivity index (χ0) is 16.2. The van der Waals surface area contributed by atoms with Gasteiger partial charge in [-0.2, -0.15) is 0 Å². The Kier molecular flexibility index (Phi) is 5.71. The molecular weight excluding hydrogens is 345 g/mol. The van der Waals surface area contributed by atoms with Crippen LogP contribution >= 0.6 is 15.9 Å². The van der Waals surface area contributed by atoms with Gasteiger partial charge in [-0.1, -0.05) is 15.9 Å². The average molecular weight is 362 g/mol. The normalized spacial score (nSPS) is 12.6. The summed E-state index contributed by atoms with van der Waals surface area (Å²) >= 11 is 3.13. The molecule has 0 radical (unpaired) electrons. The summed E-state index contributed by atoms with van der Waals surface area (Å²) in [6.45, 7) is 5.02. The summed E-state index contributed by atoms with van der Waals surface area (Å²) in [6, 6.07) is 2.88. The smallest absolute Gasteiger partial charge is 0.408 e. The molecule has 1 unspecified atom stereocenters. The van der Waals surface area contributed by atoms with Crippen LogP contribution in [0.2, 0.25) is 0 Å². The molecule has 1 aromatic rings. The van der Waals surface area contributed by atoms with E-state index in [1.807, 2.05) is 0 Å². The lowest BCUT2D eigenvalue weighted by molar-refractivity contribution is -0.139. The van der Waals surface area contributed by atoms with Gasteiger partial charge in [0.1, 0.15) is 17.5 Å². The number of ether oxygens (including phenoxy) is 1. The van der Waals surface area contributed by atoms with E-state index in [2.05, 4.69) is 21.2 Å². The maximum Gasteiger partial charge on any atom is 0.408 e. The van der Waals surface area contributed by atoms with Gasteiger partial charge in [-0.3, -0.25) is 0 Å². The summed E-state index contributed by atoms with van der Waals surface area (Å²) in [5.41, 5.74) is -0.278. The minimum Gasteiger partial charge on any atom is -0.480 e. The fraction of sp³-hybridized carbons (Fsp3) is 0.429. The number of carboxylic acids is 1. The highest BCUT2D eigenvalue weighted by atomic mass is 79.9. The van der Waals surface area contributed by atoms with Gasteiger partial charge in [-0.05, 0) is 44.5 Å². The number of hydrogen-bond donors (Lipinski definition) is 2. The van der Waals surface area contributed by atoms with Crippen LogP contribution < -0.4 is 5.32 Å². The van der Waals surface area contributed by atoms with Gasteiger partial charge in [0.15, 0.2) is 0 Å². The predicted molar refractivity (Wildman–Crippen MR) is 78.6 cm³/mol. The molecule has 1 rings (SSSR count). The first-order valence-corrected chi connectivity index (χ1v) is 7.03. The van der Waals surface area contributed by atoms with Gasteiger partial charge in [-0.15, -0.1) is 0 Å². The van der Waals surface area contributed by atoms with Crippen molar-refractivity contribution in [3.63, 3.8) is 0 Å². The number of carbonyl (C=O) groups excluding carboxylic acids is 1. The second kappa shape index (κ2) is 6.89. The number of alkyl carbamates (subject to hydrolysis) is 1. The Bertz CT molecular complexity index is 522.